The summed E-state index contributed by atoms with van der Waals surface area (Å²) in [6.45, 7) is 4.26. The average Bonchev–Trinajstić information content (AvgIpc) is 3.20. The van der Waals surface area contributed by atoms with Gasteiger partial charge in [-0.2, -0.15) is 0 Å². The van der Waals surface area contributed by atoms with Gasteiger partial charge in [-0.3, -0.25) is 4.90 Å². The van der Waals surface area contributed by atoms with E-state index in [-0.39, 0.29) is 16.0 Å². The summed E-state index contributed by atoms with van der Waals surface area (Å²) >= 11 is 7.80. The maximum absolute atomic E-state index is 12.6. The van der Waals surface area contributed by atoms with Crippen molar-refractivity contribution in [2.24, 2.45) is 0 Å². The predicted octanol–water partition coefficient (Wildman–Crippen LogP) is 3.83. The number of nitrogens with zero attached hydrogens (tertiary/aromatic N) is 1. The Kier molecular flexibility index (Phi) is 5.62. The summed E-state index contributed by atoms with van der Waals surface area (Å²) in [5.41, 5.74) is 0.937. The summed E-state index contributed by atoms with van der Waals surface area (Å²) in [5.74, 6) is 0. The summed E-state index contributed by atoms with van der Waals surface area (Å²) in [5, 5.41) is 2.29. The lowest BCUT2D eigenvalue weighted by Gasteiger charge is -2.27. The molecule has 1 aliphatic heterocycles. The van der Waals surface area contributed by atoms with Gasteiger partial charge < -0.3 is 0 Å². The van der Waals surface area contributed by atoms with Gasteiger partial charge in [0.2, 0.25) is 10.0 Å². The SMILES string of the molecule is Cc1ccc(S(=O)(=O)NCC(c2cccs2)N2CCCC2)c(Cl)c1. The van der Waals surface area contributed by atoms with E-state index in [4.69, 9.17) is 11.6 Å². The number of rotatable bonds is 6. The molecule has 1 aliphatic rings. The molecule has 0 spiro atoms. The van der Waals surface area contributed by atoms with Crippen molar-refractivity contribution in [3.63, 3.8) is 0 Å². The molecule has 1 saturated heterocycles. The van der Waals surface area contributed by atoms with Gasteiger partial charge in [0, 0.05) is 11.4 Å². The van der Waals surface area contributed by atoms with Gasteiger partial charge in [-0.25, -0.2) is 13.1 Å². The maximum Gasteiger partial charge on any atom is 0.242 e. The van der Waals surface area contributed by atoms with Crippen LogP contribution in [0.5, 0.6) is 0 Å². The van der Waals surface area contributed by atoms with Crippen LogP contribution < -0.4 is 4.72 Å². The second-order valence-electron chi connectivity index (χ2n) is 6.06. The van der Waals surface area contributed by atoms with Gasteiger partial charge in [0.1, 0.15) is 4.90 Å². The number of sulfonamides is 1. The molecule has 1 atom stereocenters. The van der Waals surface area contributed by atoms with Crippen LogP contribution in [0.3, 0.4) is 0 Å². The van der Waals surface area contributed by atoms with Crippen LogP contribution in [0.2, 0.25) is 5.02 Å². The Hall–Kier alpha value is -0.920. The molecule has 2 heterocycles. The zero-order valence-electron chi connectivity index (χ0n) is 13.5. The lowest BCUT2D eigenvalue weighted by molar-refractivity contribution is 0.250. The van der Waals surface area contributed by atoms with E-state index in [9.17, 15) is 8.42 Å². The molecule has 1 unspecified atom stereocenters. The van der Waals surface area contributed by atoms with E-state index in [1.807, 2.05) is 18.4 Å². The van der Waals surface area contributed by atoms with Crippen LogP contribution in [0, 0.1) is 6.92 Å². The van der Waals surface area contributed by atoms with Crippen LogP contribution in [0.15, 0.2) is 40.6 Å². The number of benzene rings is 1. The van der Waals surface area contributed by atoms with Gasteiger partial charge in [0.05, 0.1) is 11.1 Å². The molecule has 1 fully saturated rings. The zero-order chi connectivity index (χ0) is 17.2. The van der Waals surface area contributed by atoms with Crippen molar-refractivity contribution < 1.29 is 8.42 Å². The monoisotopic (exact) mass is 384 g/mol. The first kappa shape index (κ1) is 17.9. The van der Waals surface area contributed by atoms with Gasteiger partial charge in [-0.15, -0.1) is 11.3 Å². The van der Waals surface area contributed by atoms with Crippen LogP contribution in [-0.4, -0.2) is 33.0 Å². The fraction of sp³-hybridized carbons (Fsp3) is 0.412. The molecular formula is C17H21ClN2O2S2. The van der Waals surface area contributed by atoms with Gasteiger partial charge in [-0.05, 0) is 62.0 Å². The van der Waals surface area contributed by atoms with Crippen molar-refractivity contribution in [2.75, 3.05) is 19.6 Å². The van der Waals surface area contributed by atoms with Gasteiger partial charge in [0.25, 0.3) is 0 Å². The Balaban J connectivity index is 1.78. The third kappa shape index (κ3) is 4.00. The number of thiophene rings is 1. The highest BCUT2D eigenvalue weighted by Crippen LogP contribution is 2.29. The van der Waals surface area contributed by atoms with E-state index in [1.54, 1.807) is 29.5 Å². The standard InChI is InChI=1S/C17H21ClN2O2S2/c1-13-6-7-17(14(18)11-13)24(21,22)19-12-15(16-5-4-10-23-16)20-8-2-3-9-20/h4-7,10-11,15,19H,2-3,8-9,12H2,1H3. The fourth-order valence-electron chi connectivity index (χ4n) is 3.03. The molecule has 130 valence electrons. The molecule has 0 amide bonds. The summed E-state index contributed by atoms with van der Waals surface area (Å²) in [4.78, 5) is 3.68. The minimum Gasteiger partial charge on any atom is -0.294 e. The molecule has 24 heavy (non-hydrogen) atoms. The number of aryl methyl sites for hydroxylation is 1. The number of likely N-dealkylation sites (tertiary alicyclic amines) is 1. The molecule has 2 aromatic rings. The Morgan fingerprint density at radius 2 is 2.04 bits per heavy atom. The minimum absolute atomic E-state index is 0.0755. The Bertz CT molecular complexity index is 785. The van der Waals surface area contributed by atoms with Gasteiger partial charge in [-0.1, -0.05) is 23.7 Å². The molecule has 4 nitrogen and oxygen atoms in total. The lowest BCUT2D eigenvalue weighted by atomic mass is 10.2. The molecule has 0 aliphatic carbocycles. The normalized spacial score (nSPS) is 17.2. The number of halogens is 1. The Morgan fingerprint density at radius 1 is 1.29 bits per heavy atom. The molecule has 1 aromatic heterocycles. The van der Waals surface area contributed by atoms with Crippen molar-refractivity contribution in [3.05, 3.63) is 51.2 Å². The van der Waals surface area contributed by atoms with Crippen LogP contribution in [0.25, 0.3) is 0 Å². The van der Waals surface area contributed by atoms with E-state index in [0.717, 1.165) is 18.7 Å². The molecule has 7 heteroatoms. The smallest absolute Gasteiger partial charge is 0.242 e. The predicted molar refractivity (Wildman–Crippen MR) is 99.2 cm³/mol. The van der Waals surface area contributed by atoms with E-state index in [1.165, 1.54) is 17.7 Å². The number of hydrogen-bond donors (Lipinski definition) is 1. The van der Waals surface area contributed by atoms with Crippen LogP contribution in [0.4, 0.5) is 0 Å². The van der Waals surface area contributed by atoms with Crippen molar-refractivity contribution in [1.29, 1.82) is 0 Å². The molecule has 3 rings (SSSR count). The summed E-state index contributed by atoms with van der Waals surface area (Å²) in [7, 11) is -3.63. The first-order valence-electron chi connectivity index (χ1n) is 8.00. The molecule has 0 saturated carbocycles. The van der Waals surface area contributed by atoms with Crippen LogP contribution >= 0.6 is 22.9 Å². The van der Waals surface area contributed by atoms with E-state index < -0.39 is 10.0 Å². The minimum atomic E-state index is -3.63. The van der Waals surface area contributed by atoms with Crippen LogP contribution in [-0.2, 0) is 10.0 Å². The first-order chi connectivity index (χ1) is 11.5. The van der Waals surface area contributed by atoms with Gasteiger partial charge >= 0.3 is 0 Å². The second-order valence-corrected chi connectivity index (χ2v) is 9.18. The second kappa shape index (κ2) is 7.54. The van der Waals surface area contributed by atoms with E-state index in [2.05, 4.69) is 15.7 Å². The lowest BCUT2D eigenvalue weighted by Crippen LogP contribution is -2.36. The number of hydrogen-bond acceptors (Lipinski definition) is 4. The van der Waals surface area contributed by atoms with Crippen molar-refractivity contribution in [2.45, 2.75) is 30.7 Å². The Labute approximate surface area is 152 Å². The first-order valence-corrected chi connectivity index (χ1v) is 10.7. The summed E-state index contributed by atoms with van der Waals surface area (Å²) < 4.78 is 28.0. The largest absolute Gasteiger partial charge is 0.294 e. The van der Waals surface area contributed by atoms with E-state index >= 15 is 0 Å². The Morgan fingerprint density at radius 3 is 2.67 bits per heavy atom. The molecule has 0 radical (unpaired) electrons. The molecular weight excluding hydrogens is 364 g/mol. The van der Waals surface area contributed by atoms with Crippen LogP contribution in [0.1, 0.15) is 29.3 Å². The molecule has 1 aromatic carbocycles. The molecule has 0 bridgehead atoms. The topological polar surface area (TPSA) is 49.4 Å². The summed E-state index contributed by atoms with van der Waals surface area (Å²) in [6, 6.07) is 9.16. The number of nitrogens with one attached hydrogen (secondary N) is 1. The third-order valence-corrected chi connectivity index (χ3v) is 7.18. The summed E-state index contributed by atoms with van der Waals surface area (Å²) in [6.07, 6.45) is 2.33. The molecule has 1 N–H and O–H groups in total. The third-order valence-electron chi connectivity index (χ3n) is 4.30. The zero-order valence-corrected chi connectivity index (χ0v) is 15.9. The highest BCUT2D eigenvalue weighted by atomic mass is 35.5. The van der Waals surface area contributed by atoms with Crippen molar-refractivity contribution >= 4 is 33.0 Å². The maximum atomic E-state index is 12.6. The highest BCUT2D eigenvalue weighted by molar-refractivity contribution is 7.89. The van der Waals surface area contributed by atoms with Gasteiger partial charge in [0.15, 0.2) is 0 Å². The van der Waals surface area contributed by atoms with Crippen molar-refractivity contribution in [3.8, 4) is 0 Å². The van der Waals surface area contributed by atoms with Crippen molar-refractivity contribution in [1.82, 2.24) is 9.62 Å². The van der Waals surface area contributed by atoms with E-state index in [0.29, 0.717) is 6.54 Å². The highest BCUT2D eigenvalue weighted by Gasteiger charge is 2.27. The fourth-order valence-corrected chi connectivity index (χ4v) is 5.53. The quantitative estimate of drug-likeness (QED) is 0.823. The average molecular weight is 385 g/mol.